The Balaban J connectivity index is 1.94. The monoisotopic (exact) mass is 438 g/mol. The first-order chi connectivity index (χ1) is 14.7. The highest BCUT2D eigenvalue weighted by Gasteiger charge is 2.27. The first kappa shape index (κ1) is 22.4. The zero-order valence-corrected chi connectivity index (χ0v) is 18.9. The molecule has 1 amide bonds. The average Bonchev–Trinajstić information content (AvgIpc) is 2.75. The fourth-order valence-electron chi connectivity index (χ4n) is 3.04. The summed E-state index contributed by atoms with van der Waals surface area (Å²) in [6.07, 6.45) is 0. The molecule has 3 aromatic rings. The minimum atomic E-state index is -3.95. The van der Waals surface area contributed by atoms with Crippen molar-refractivity contribution in [1.82, 2.24) is 0 Å². The predicted molar refractivity (Wildman–Crippen MR) is 123 cm³/mol. The molecule has 0 atom stereocenters. The molecule has 0 saturated carbocycles. The molecular weight excluding hydrogens is 412 g/mol. The predicted octanol–water partition coefficient (Wildman–Crippen LogP) is 4.45. The van der Waals surface area contributed by atoms with Crippen LogP contribution in [0.25, 0.3) is 0 Å². The molecule has 0 aliphatic heterocycles. The molecule has 7 heteroatoms. The number of nitrogens with zero attached hydrogens (tertiary/aromatic N) is 1. The Labute approximate surface area is 183 Å². The van der Waals surface area contributed by atoms with Crippen LogP contribution in [0.3, 0.4) is 0 Å². The first-order valence-corrected chi connectivity index (χ1v) is 11.3. The number of nitrogens with one attached hydrogen (secondary N) is 1. The summed E-state index contributed by atoms with van der Waals surface area (Å²) in [4.78, 5) is 12.9. The van der Waals surface area contributed by atoms with E-state index in [-0.39, 0.29) is 11.4 Å². The topological polar surface area (TPSA) is 75.7 Å². The van der Waals surface area contributed by atoms with Crippen LogP contribution in [0, 0.1) is 20.8 Å². The number of anilines is 2. The van der Waals surface area contributed by atoms with Crippen LogP contribution in [0.2, 0.25) is 0 Å². The normalized spacial score (nSPS) is 11.1. The van der Waals surface area contributed by atoms with Crippen molar-refractivity contribution in [2.24, 2.45) is 0 Å². The van der Waals surface area contributed by atoms with Gasteiger partial charge in [-0.25, -0.2) is 8.42 Å². The SMILES string of the molecule is COc1ccc(NC(=O)CN(c2ccc(C)c(C)c2)S(=O)(=O)c2ccc(C)cc2)cc1. The number of aryl methyl sites for hydroxylation is 3. The Morgan fingerprint density at radius 1 is 0.903 bits per heavy atom. The Kier molecular flexibility index (Phi) is 6.65. The molecule has 3 aromatic carbocycles. The standard InChI is InChI=1S/C24H26N2O4S/c1-17-5-13-23(14-6-17)31(28,29)26(21-10-7-18(2)19(3)15-21)16-24(27)25-20-8-11-22(30-4)12-9-20/h5-15H,16H2,1-4H3,(H,25,27). The lowest BCUT2D eigenvalue weighted by molar-refractivity contribution is -0.114. The molecule has 0 bridgehead atoms. The Morgan fingerprint density at radius 3 is 2.13 bits per heavy atom. The highest BCUT2D eigenvalue weighted by molar-refractivity contribution is 7.92. The zero-order chi connectivity index (χ0) is 22.6. The Morgan fingerprint density at radius 2 is 1.55 bits per heavy atom. The van der Waals surface area contributed by atoms with Crippen molar-refractivity contribution in [1.29, 1.82) is 0 Å². The molecule has 3 rings (SSSR count). The summed E-state index contributed by atoms with van der Waals surface area (Å²) in [5.74, 6) is 0.218. The summed E-state index contributed by atoms with van der Waals surface area (Å²) in [6.45, 7) is 5.39. The highest BCUT2D eigenvalue weighted by Crippen LogP contribution is 2.26. The van der Waals surface area contributed by atoms with Crippen molar-refractivity contribution in [3.05, 3.63) is 83.4 Å². The molecular formula is C24H26N2O4S. The summed E-state index contributed by atoms with van der Waals surface area (Å²) in [5, 5.41) is 2.75. The van der Waals surface area contributed by atoms with Crippen molar-refractivity contribution >= 4 is 27.3 Å². The molecule has 0 fully saturated rings. The number of hydrogen-bond acceptors (Lipinski definition) is 4. The van der Waals surface area contributed by atoms with Gasteiger partial charge in [0.2, 0.25) is 5.91 Å². The molecule has 0 saturated heterocycles. The van der Waals surface area contributed by atoms with Crippen LogP contribution in [0.5, 0.6) is 5.75 Å². The van der Waals surface area contributed by atoms with E-state index in [1.165, 1.54) is 0 Å². The Hall–Kier alpha value is -3.32. The molecule has 0 radical (unpaired) electrons. The maximum Gasteiger partial charge on any atom is 0.264 e. The molecule has 6 nitrogen and oxygen atoms in total. The van der Waals surface area contributed by atoms with Gasteiger partial charge in [-0.15, -0.1) is 0 Å². The van der Waals surface area contributed by atoms with Gasteiger partial charge >= 0.3 is 0 Å². The lowest BCUT2D eigenvalue weighted by atomic mass is 10.1. The van der Waals surface area contributed by atoms with E-state index in [4.69, 9.17) is 4.74 Å². The van der Waals surface area contributed by atoms with E-state index in [1.807, 2.05) is 26.8 Å². The number of hydrogen-bond donors (Lipinski definition) is 1. The summed E-state index contributed by atoms with van der Waals surface area (Å²) in [7, 11) is -2.39. The number of carbonyl (C=O) groups is 1. The molecule has 1 N–H and O–H groups in total. The summed E-state index contributed by atoms with van der Waals surface area (Å²) < 4.78 is 33.1. The molecule has 31 heavy (non-hydrogen) atoms. The molecule has 0 aliphatic rings. The number of ether oxygens (including phenoxy) is 1. The fraction of sp³-hybridized carbons (Fsp3) is 0.208. The van der Waals surface area contributed by atoms with Gasteiger partial charge < -0.3 is 10.1 Å². The van der Waals surface area contributed by atoms with Crippen LogP contribution < -0.4 is 14.4 Å². The van der Waals surface area contributed by atoms with Gasteiger partial charge in [0.05, 0.1) is 17.7 Å². The van der Waals surface area contributed by atoms with E-state index >= 15 is 0 Å². The van der Waals surface area contributed by atoms with Gasteiger partial charge in [0, 0.05) is 5.69 Å². The van der Waals surface area contributed by atoms with Crippen molar-refractivity contribution in [2.75, 3.05) is 23.3 Å². The molecule has 162 valence electrons. The van der Waals surface area contributed by atoms with Crippen molar-refractivity contribution in [3.63, 3.8) is 0 Å². The van der Waals surface area contributed by atoms with Crippen molar-refractivity contribution < 1.29 is 17.9 Å². The highest BCUT2D eigenvalue weighted by atomic mass is 32.2. The zero-order valence-electron chi connectivity index (χ0n) is 18.0. The Bertz CT molecular complexity index is 1170. The maximum absolute atomic E-state index is 13.4. The molecule has 0 unspecified atom stereocenters. The van der Waals surface area contributed by atoms with Gasteiger partial charge in [-0.1, -0.05) is 23.8 Å². The van der Waals surface area contributed by atoms with E-state index in [0.717, 1.165) is 21.0 Å². The maximum atomic E-state index is 13.4. The largest absolute Gasteiger partial charge is 0.497 e. The number of sulfonamides is 1. The summed E-state index contributed by atoms with van der Waals surface area (Å²) in [5.41, 5.74) is 3.93. The number of rotatable bonds is 7. The van der Waals surface area contributed by atoms with Gasteiger partial charge in [-0.3, -0.25) is 9.10 Å². The van der Waals surface area contributed by atoms with Crippen molar-refractivity contribution in [3.8, 4) is 5.75 Å². The van der Waals surface area contributed by atoms with Gasteiger partial charge in [-0.2, -0.15) is 0 Å². The first-order valence-electron chi connectivity index (χ1n) is 9.81. The smallest absolute Gasteiger partial charge is 0.264 e. The van der Waals surface area contributed by atoms with Gasteiger partial charge in [-0.05, 0) is 80.4 Å². The van der Waals surface area contributed by atoms with Crippen LogP contribution in [-0.2, 0) is 14.8 Å². The lowest BCUT2D eigenvalue weighted by Crippen LogP contribution is -2.38. The van der Waals surface area contributed by atoms with Crippen LogP contribution in [0.1, 0.15) is 16.7 Å². The number of methoxy groups -OCH3 is 1. The molecule has 0 heterocycles. The fourth-order valence-corrected chi connectivity index (χ4v) is 4.45. The van der Waals surface area contributed by atoms with E-state index in [1.54, 1.807) is 67.8 Å². The van der Waals surface area contributed by atoms with Gasteiger partial charge in [0.25, 0.3) is 10.0 Å². The quantitative estimate of drug-likeness (QED) is 0.591. The summed E-state index contributed by atoms with van der Waals surface area (Å²) >= 11 is 0. The minimum absolute atomic E-state index is 0.133. The second-order valence-electron chi connectivity index (χ2n) is 7.37. The second kappa shape index (κ2) is 9.22. The number of amides is 1. The second-order valence-corrected chi connectivity index (χ2v) is 9.23. The molecule has 0 aromatic heterocycles. The number of benzene rings is 3. The lowest BCUT2D eigenvalue weighted by Gasteiger charge is -2.25. The van der Waals surface area contributed by atoms with E-state index < -0.39 is 15.9 Å². The van der Waals surface area contributed by atoms with Crippen LogP contribution in [0.4, 0.5) is 11.4 Å². The minimum Gasteiger partial charge on any atom is -0.497 e. The number of carbonyl (C=O) groups excluding carboxylic acids is 1. The third-order valence-corrected chi connectivity index (χ3v) is 6.84. The molecule has 0 spiro atoms. The van der Waals surface area contributed by atoms with Gasteiger partial charge in [0.15, 0.2) is 0 Å². The van der Waals surface area contributed by atoms with Crippen LogP contribution in [0.15, 0.2) is 71.6 Å². The van der Waals surface area contributed by atoms with E-state index in [9.17, 15) is 13.2 Å². The van der Waals surface area contributed by atoms with Gasteiger partial charge in [0.1, 0.15) is 12.3 Å². The van der Waals surface area contributed by atoms with Crippen molar-refractivity contribution in [2.45, 2.75) is 25.7 Å². The van der Waals surface area contributed by atoms with E-state index in [0.29, 0.717) is 17.1 Å². The summed E-state index contributed by atoms with van der Waals surface area (Å²) in [6, 6.07) is 18.8. The molecule has 0 aliphatic carbocycles. The van der Waals surface area contributed by atoms with E-state index in [2.05, 4.69) is 5.32 Å². The van der Waals surface area contributed by atoms with Crippen LogP contribution in [-0.4, -0.2) is 28.0 Å². The third-order valence-electron chi connectivity index (χ3n) is 5.05. The van der Waals surface area contributed by atoms with Crippen LogP contribution >= 0.6 is 0 Å². The third kappa shape index (κ3) is 5.24. The average molecular weight is 439 g/mol.